The smallest absolute Gasteiger partial charge is 0.221 e. The Hall–Kier alpha value is -1.31. The summed E-state index contributed by atoms with van der Waals surface area (Å²) in [6, 6.07) is 11.1. The second-order valence-corrected chi connectivity index (χ2v) is 7.65. The third-order valence-electron chi connectivity index (χ3n) is 5.88. The maximum Gasteiger partial charge on any atom is 0.221 e. The molecule has 2 aliphatic rings. The first kappa shape index (κ1) is 22.0. The largest absolute Gasteiger partial charge is 0.356 e. The van der Waals surface area contributed by atoms with E-state index in [1.165, 1.54) is 37.7 Å². The first-order valence-corrected chi connectivity index (χ1v) is 10.0. The van der Waals surface area contributed by atoms with Crippen LogP contribution in [-0.4, -0.2) is 38.0 Å². The summed E-state index contributed by atoms with van der Waals surface area (Å²) in [6.07, 6.45) is 8.93. The molecule has 150 valence electrons. The highest BCUT2D eigenvalue weighted by molar-refractivity contribution is 14.0. The molecule has 0 radical (unpaired) electrons. The van der Waals surface area contributed by atoms with E-state index in [0.717, 1.165) is 25.3 Å². The predicted molar refractivity (Wildman–Crippen MR) is 122 cm³/mol. The van der Waals surface area contributed by atoms with Crippen LogP contribution in [0.4, 0.5) is 0 Å². The normalized spacial score (nSPS) is 18.9. The molecule has 5 nitrogen and oxygen atoms in total. The molecule has 3 rings (SSSR count). The number of guanidine groups is 1. The monoisotopic (exact) mass is 484 g/mol. The molecule has 2 aliphatic carbocycles. The van der Waals surface area contributed by atoms with Crippen LogP contribution in [0.3, 0.4) is 0 Å². The van der Waals surface area contributed by atoms with Crippen molar-refractivity contribution < 1.29 is 4.79 Å². The molecule has 27 heavy (non-hydrogen) atoms. The van der Waals surface area contributed by atoms with Crippen LogP contribution in [0.1, 0.15) is 56.9 Å². The van der Waals surface area contributed by atoms with Crippen LogP contribution < -0.4 is 16.0 Å². The Morgan fingerprint density at radius 3 is 2.41 bits per heavy atom. The van der Waals surface area contributed by atoms with Gasteiger partial charge < -0.3 is 16.0 Å². The average molecular weight is 484 g/mol. The van der Waals surface area contributed by atoms with Crippen LogP contribution in [0.2, 0.25) is 0 Å². The second kappa shape index (κ2) is 10.9. The van der Waals surface area contributed by atoms with Crippen LogP contribution in [0.5, 0.6) is 0 Å². The minimum Gasteiger partial charge on any atom is -0.356 e. The third-order valence-corrected chi connectivity index (χ3v) is 5.88. The van der Waals surface area contributed by atoms with E-state index in [2.05, 4.69) is 51.3 Å². The van der Waals surface area contributed by atoms with E-state index in [9.17, 15) is 4.79 Å². The number of hydrogen-bond donors (Lipinski definition) is 3. The molecule has 0 spiro atoms. The number of carbonyl (C=O) groups excluding carboxylic acids is 1. The Labute approximate surface area is 180 Å². The Kier molecular flexibility index (Phi) is 8.86. The van der Waals surface area contributed by atoms with Gasteiger partial charge in [0.2, 0.25) is 5.91 Å². The molecule has 2 saturated carbocycles. The van der Waals surface area contributed by atoms with E-state index in [1.807, 2.05) is 0 Å². The molecule has 0 bridgehead atoms. The molecule has 0 atom stereocenters. The Bertz CT molecular complexity index is 610. The zero-order valence-corrected chi connectivity index (χ0v) is 18.6. The van der Waals surface area contributed by atoms with Crippen molar-refractivity contribution in [3.05, 3.63) is 35.9 Å². The fourth-order valence-electron chi connectivity index (χ4n) is 4.10. The fraction of sp³-hybridized carbons (Fsp3) is 0.619. The van der Waals surface area contributed by atoms with Crippen molar-refractivity contribution in [1.82, 2.24) is 16.0 Å². The number of nitrogens with zero attached hydrogens (tertiary/aromatic N) is 1. The lowest BCUT2D eigenvalue weighted by atomic mass is 9.64. The highest BCUT2D eigenvalue weighted by Crippen LogP contribution is 2.43. The van der Waals surface area contributed by atoms with Crippen molar-refractivity contribution in [3.8, 4) is 0 Å². The van der Waals surface area contributed by atoms with Gasteiger partial charge in [0.05, 0.1) is 0 Å². The second-order valence-electron chi connectivity index (χ2n) is 7.65. The Balaban J connectivity index is 0.00000261. The van der Waals surface area contributed by atoms with Gasteiger partial charge in [-0.05, 0) is 31.2 Å². The van der Waals surface area contributed by atoms with Crippen LogP contribution in [-0.2, 0) is 10.2 Å². The highest BCUT2D eigenvalue weighted by Gasteiger charge is 2.38. The SMILES string of the molecule is CN=C(NCCC(=O)NC1CCCC1)NCC1(c2ccccc2)CCC1.I. The van der Waals surface area contributed by atoms with E-state index >= 15 is 0 Å². The standard InChI is InChI=1S/C21H32N4O.HI/c1-22-20(23-15-12-19(26)25-18-10-5-6-11-18)24-16-21(13-7-14-21)17-8-3-2-4-9-17;/h2-4,8-9,18H,5-7,10-16H2,1H3,(H,25,26)(H2,22,23,24);1H. The zero-order chi connectivity index (χ0) is 18.2. The summed E-state index contributed by atoms with van der Waals surface area (Å²) in [4.78, 5) is 16.3. The molecule has 1 aromatic rings. The van der Waals surface area contributed by atoms with Crippen LogP contribution in [0.25, 0.3) is 0 Å². The molecule has 0 aliphatic heterocycles. The first-order valence-electron chi connectivity index (χ1n) is 10.0. The molecule has 1 aromatic carbocycles. The molecule has 0 heterocycles. The van der Waals surface area contributed by atoms with Crippen molar-refractivity contribution in [3.63, 3.8) is 0 Å². The topological polar surface area (TPSA) is 65.5 Å². The van der Waals surface area contributed by atoms with E-state index < -0.39 is 0 Å². The number of carbonyl (C=O) groups is 1. The van der Waals surface area contributed by atoms with Gasteiger partial charge in [-0.1, -0.05) is 49.6 Å². The lowest BCUT2D eigenvalue weighted by molar-refractivity contribution is -0.121. The summed E-state index contributed by atoms with van der Waals surface area (Å²) in [5, 5.41) is 9.87. The summed E-state index contributed by atoms with van der Waals surface area (Å²) in [5.41, 5.74) is 1.63. The van der Waals surface area contributed by atoms with Crippen molar-refractivity contribution in [2.45, 2.75) is 62.8 Å². The summed E-state index contributed by atoms with van der Waals surface area (Å²) in [7, 11) is 1.78. The van der Waals surface area contributed by atoms with E-state index in [0.29, 0.717) is 19.0 Å². The number of nitrogens with one attached hydrogen (secondary N) is 3. The lowest BCUT2D eigenvalue weighted by Gasteiger charge is -2.43. The molecule has 0 aromatic heterocycles. The number of rotatable bonds is 7. The molecule has 3 N–H and O–H groups in total. The summed E-state index contributed by atoms with van der Waals surface area (Å²) in [5.74, 6) is 0.917. The molecular weight excluding hydrogens is 451 g/mol. The van der Waals surface area contributed by atoms with Gasteiger partial charge >= 0.3 is 0 Å². The number of amides is 1. The molecule has 2 fully saturated rings. The van der Waals surface area contributed by atoms with Gasteiger partial charge in [0.25, 0.3) is 0 Å². The number of halogens is 1. The van der Waals surface area contributed by atoms with Gasteiger partial charge in [-0.2, -0.15) is 0 Å². The molecule has 0 unspecified atom stereocenters. The van der Waals surface area contributed by atoms with Gasteiger partial charge in [0.15, 0.2) is 5.96 Å². The summed E-state index contributed by atoms with van der Waals surface area (Å²) < 4.78 is 0. The van der Waals surface area contributed by atoms with Crippen molar-refractivity contribution in [2.75, 3.05) is 20.1 Å². The quantitative estimate of drug-likeness (QED) is 0.316. The van der Waals surface area contributed by atoms with E-state index in [-0.39, 0.29) is 35.3 Å². The lowest BCUT2D eigenvalue weighted by Crippen LogP contribution is -2.49. The maximum absolute atomic E-state index is 12.0. The Morgan fingerprint density at radius 2 is 1.81 bits per heavy atom. The van der Waals surface area contributed by atoms with Crippen LogP contribution in [0, 0.1) is 0 Å². The molecule has 0 saturated heterocycles. The van der Waals surface area contributed by atoms with Gasteiger partial charge in [-0.3, -0.25) is 9.79 Å². The first-order chi connectivity index (χ1) is 12.7. The van der Waals surface area contributed by atoms with Crippen molar-refractivity contribution in [1.29, 1.82) is 0 Å². The fourth-order valence-corrected chi connectivity index (χ4v) is 4.10. The van der Waals surface area contributed by atoms with Crippen molar-refractivity contribution in [2.24, 2.45) is 4.99 Å². The average Bonchev–Trinajstić information content (AvgIpc) is 3.13. The molecule has 6 heteroatoms. The predicted octanol–water partition coefficient (Wildman–Crippen LogP) is 3.34. The van der Waals surface area contributed by atoms with E-state index in [1.54, 1.807) is 7.05 Å². The maximum atomic E-state index is 12.0. The van der Waals surface area contributed by atoms with Gasteiger partial charge in [0.1, 0.15) is 0 Å². The van der Waals surface area contributed by atoms with Gasteiger partial charge in [-0.25, -0.2) is 0 Å². The summed E-state index contributed by atoms with van der Waals surface area (Å²) in [6.45, 7) is 1.49. The molecular formula is C21H33IN4O. The summed E-state index contributed by atoms with van der Waals surface area (Å²) >= 11 is 0. The highest BCUT2D eigenvalue weighted by atomic mass is 127. The van der Waals surface area contributed by atoms with Gasteiger partial charge in [0, 0.05) is 38.0 Å². The number of benzene rings is 1. The van der Waals surface area contributed by atoms with Crippen molar-refractivity contribution >= 4 is 35.8 Å². The van der Waals surface area contributed by atoms with Crippen LogP contribution >= 0.6 is 24.0 Å². The molecule has 1 amide bonds. The third kappa shape index (κ3) is 6.09. The zero-order valence-electron chi connectivity index (χ0n) is 16.3. The number of aliphatic imine (C=N–C) groups is 1. The van der Waals surface area contributed by atoms with Gasteiger partial charge in [-0.15, -0.1) is 24.0 Å². The van der Waals surface area contributed by atoms with E-state index in [4.69, 9.17) is 0 Å². The minimum absolute atomic E-state index is 0. The van der Waals surface area contributed by atoms with Crippen LogP contribution in [0.15, 0.2) is 35.3 Å². The Morgan fingerprint density at radius 1 is 1.11 bits per heavy atom. The number of hydrogen-bond acceptors (Lipinski definition) is 2. The minimum atomic E-state index is 0.